The van der Waals surface area contributed by atoms with E-state index in [0.29, 0.717) is 11.3 Å². The van der Waals surface area contributed by atoms with Crippen molar-refractivity contribution in [1.82, 2.24) is 24.5 Å². The Morgan fingerprint density at radius 2 is 1.80 bits per heavy atom. The zero-order valence-electron chi connectivity index (χ0n) is 15.2. The average molecular weight is 475 g/mol. The minimum absolute atomic E-state index is 0.0221. The number of amides is 1. The summed E-state index contributed by atoms with van der Waals surface area (Å²) in [4.78, 5) is 29.0. The lowest BCUT2D eigenvalue weighted by Crippen LogP contribution is -2.28. The molecular weight excluding hydrogens is 462 g/mol. The number of nitrogens with one attached hydrogen (secondary N) is 1. The highest BCUT2D eigenvalue weighted by Crippen LogP contribution is 2.14. The number of aromatic nitrogens is 5. The van der Waals surface area contributed by atoms with Crippen LogP contribution < -0.4 is 10.9 Å². The molecule has 1 amide bonds. The molecule has 4 rings (SSSR count). The topological polar surface area (TPSA) is 94.7 Å². The summed E-state index contributed by atoms with van der Waals surface area (Å²) in [5.74, 6) is -1.86. The lowest BCUT2D eigenvalue weighted by Gasteiger charge is -2.07. The van der Waals surface area contributed by atoms with Gasteiger partial charge in [-0.25, -0.2) is 18.4 Å². The lowest BCUT2D eigenvalue weighted by atomic mass is 10.2. The monoisotopic (exact) mass is 474 g/mol. The highest BCUT2D eigenvalue weighted by atomic mass is 79.9. The number of hydrogen-bond donors (Lipinski definition) is 1. The van der Waals surface area contributed by atoms with E-state index in [9.17, 15) is 18.4 Å². The first-order chi connectivity index (χ1) is 14.4. The van der Waals surface area contributed by atoms with Crippen molar-refractivity contribution in [1.29, 1.82) is 0 Å². The number of rotatable bonds is 5. The van der Waals surface area contributed by atoms with Gasteiger partial charge in [-0.05, 0) is 42.0 Å². The van der Waals surface area contributed by atoms with Gasteiger partial charge in [0.15, 0.2) is 11.2 Å². The van der Waals surface area contributed by atoms with Crippen LogP contribution in [0.2, 0.25) is 0 Å². The Labute approximate surface area is 176 Å². The van der Waals surface area contributed by atoms with Gasteiger partial charge < -0.3 is 5.32 Å². The molecule has 11 heteroatoms. The maximum atomic E-state index is 13.4. The molecule has 0 aliphatic heterocycles. The summed E-state index contributed by atoms with van der Waals surface area (Å²) in [5.41, 5.74) is 0.431. The Hall–Kier alpha value is -3.47. The third-order valence-corrected chi connectivity index (χ3v) is 4.72. The van der Waals surface area contributed by atoms with E-state index in [-0.39, 0.29) is 24.3 Å². The summed E-state index contributed by atoms with van der Waals surface area (Å²) < 4.78 is 30.0. The molecule has 0 saturated heterocycles. The molecule has 0 unspecified atom stereocenters. The van der Waals surface area contributed by atoms with Gasteiger partial charge in [-0.15, -0.1) is 5.10 Å². The normalized spacial score (nSPS) is 11.0. The first-order valence-electron chi connectivity index (χ1n) is 8.68. The van der Waals surface area contributed by atoms with E-state index >= 15 is 0 Å². The first kappa shape index (κ1) is 19.8. The summed E-state index contributed by atoms with van der Waals surface area (Å²) >= 11 is 3.31. The highest BCUT2D eigenvalue weighted by molar-refractivity contribution is 9.10. The van der Waals surface area contributed by atoms with Crippen LogP contribution in [0.3, 0.4) is 0 Å². The van der Waals surface area contributed by atoms with Crippen molar-refractivity contribution in [3.8, 4) is 0 Å². The van der Waals surface area contributed by atoms with Crippen molar-refractivity contribution in [2.75, 3.05) is 5.32 Å². The molecule has 0 saturated carbocycles. The summed E-state index contributed by atoms with van der Waals surface area (Å²) in [6.07, 6.45) is 1.21. The largest absolute Gasteiger partial charge is 0.325 e. The Morgan fingerprint density at radius 1 is 1.10 bits per heavy atom. The van der Waals surface area contributed by atoms with Crippen molar-refractivity contribution < 1.29 is 13.6 Å². The van der Waals surface area contributed by atoms with Crippen LogP contribution in [0.15, 0.2) is 58.1 Å². The summed E-state index contributed by atoms with van der Waals surface area (Å²) in [6.45, 7) is -0.286. The second kappa shape index (κ2) is 8.11. The average Bonchev–Trinajstić information content (AvgIpc) is 3.08. The number of carbonyl (C=O) groups excluding carboxylic acids is 1. The maximum absolute atomic E-state index is 13.4. The number of carbonyl (C=O) groups is 1. The van der Waals surface area contributed by atoms with E-state index in [1.54, 1.807) is 24.3 Å². The smallest absolute Gasteiger partial charge is 0.283 e. The molecule has 0 radical (unpaired) electrons. The predicted molar refractivity (Wildman–Crippen MR) is 108 cm³/mol. The third kappa shape index (κ3) is 4.25. The van der Waals surface area contributed by atoms with E-state index in [1.165, 1.54) is 11.0 Å². The van der Waals surface area contributed by atoms with Crippen LogP contribution in [0.1, 0.15) is 5.56 Å². The van der Waals surface area contributed by atoms with Crippen molar-refractivity contribution >= 4 is 38.7 Å². The Morgan fingerprint density at radius 3 is 2.50 bits per heavy atom. The number of hydrogen-bond acceptors (Lipinski definition) is 5. The Bertz CT molecular complexity index is 1280. The summed E-state index contributed by atoms with van der Waals surface area (Å²) in [7, 11) is 0. The van der Waals surface area contributed by atoms with Crippen LogP contribution in [0.5, 0.6) is 0 Å². The SMILES string of the molecule is O=C(Cn1cnc2c(nnn2Cc2cc(F)cc(F)c2)c1=O)Nc1ccc(Br)cc1. The molecule has 0 atom stereocenters. The molecule has 0 spiro atoms. The van der Waals surface area contributed by atoms with Crippen LogP contribution in [-0.2, 0) is 17.9 Å². The minimum atomic E-state index is -0.721. The quantitative estimate of drug-likeness (QED) is 0.479. The standard InChI is InChI=1S/C19H13BrF2N6O2/c20-12-1-3-15(4-2-12)24-16(29)9-27-10-23-18-17(19(27)30)25-26-28(18)8-11-5-13(21)7-14(22)6-11/h1-7,10H,8-9H2,(H,24,29). The first-order valence-corrected chi connectivity index (χ1v) is 9.47. The maximum Gasteiger partial charge on any atom is 0.283 e. The van der Waals surface area contributed by atoms with Gasteiger partial charge in [0, 0.05) is 16.2 Å². The number of anilines is 1. The van der Waals surface area contributed by atoms with Gasteiger partial charge in [0.25, 0.3) is 5.56 Å². The molecular formula is C19H13BrF2N6O2. The fourth-order valence-corrected chi connectivity index (χ4v) is 3.13. The second-order valence-electron chi connectivity index (χ2n) is 6.43. The molecule has 0 aliphatic rings. The lowest BCUT2D eigenvalue weighted by molar-refractivity contribution is -0.116. The number of fused-ring (bicyclic) bond motifs is 1. The molecule has 0 aliphatic carbocycles. The van der Waals surface area contributed by atoms with Crippen LogP contribution >= 0.6 is 15.9 Å². The molecule has 8 nitrogen and oxygen atoms in total. The molecule has 2 aromatic carbocycles. The fourth-order valence-electron chi connectivity index (χ4n) is 2.87. The van der Waals surface area contributed by atoms with Gasteiger partial charge >= 0.3 is 0 Å². The van der Waals surface area contributed by atoms with Gasteiger partial charge in [0.2, 0.25) is 5.91 Å². The molecule has 4 aromatic rings. The van der Waals surface area contributed by atoms with E-state index < -0.39 is 23.1 Å². The summed E-state index contributed by atoms with van der Waals surface area (Å²) in [6, 6.07) is 10.1. The zero-order chi connectivity index (χ0) is 21.3. The van der Waals surface area contributed by atoms with Gasteiger partial charge in [-0.1, -0.05) is 21.1 Å². The van der Waals surface area contributed by atoms with E-state index in [2.05, 4.69) is 36.5 Å². The Kier molecular flexibility index (Phi) is 5.36. The molecule has 2 aromatic heterocycles. The number of nitrogens with zero attached hydrogens (tertiary/aromatic N) is 5. The number of benzene rings is 2. The molecule has 1 N–H and O–H groups in total. The van der Waals surface area contributed by atoms with Crippen molar-refractivity contribution in [2.24, 2.45) is 0 Å². The van der Waals surface area contributed by atoms with Crippen LogP contribution in [0.25, 0.3) is 11.2 Å². The van der Waals surface area contributed by atoms with Crippen LogP contribution in [-0.4, -0.2) is 30.5 Å². The van der Waals surface area contributed by atoms with Crippen molar-refractivity contribution in [2.45, 2.75) is 13.1 Å². The van der Waals surface area contributed by atoms with Gasteiger partial charge in [0.05, 0.1) is 6.54 Å². The number of halogens is 3. The van der Waals surface area contributed by atoms with E-state index in [1.807, 2.05) is 0 Å². The van der Waals surface area contributed by atoms with Gasteiger partial charge in [0.1, 0.15) is 24.5 Å². The van der Waals surface area contributed by atoms with E-state index in [0.717, 1.165) is 27.2 Å². The van der Waals surface area contributed by atoms with Crippen LogP contribution in [0, 0.1) is 11.6 Å². The zero-order valence-corrected chi connectivity index (χ0v) is 16.8. The molecule has 0 bridgehead atoms. The third-order valence-electron chi connectivity index (χ3n) is 4.19. The van der Waals surface area contributed by atoms with Crippen molar-refractivity contribution in [3.05, 3.63) is 80.8 Å². The van der Waals surface area contributed by atoms with Crippen LogP contribution in [0.4, 0.5) is 14.5 Å². The molecule has 30 heavy (non-hydrogen) atoms. The van der Waals surface area contributed by atoms with Gasteiger partial charge in [-0.2, -0.15) is 0 Å². The fraction of sp³-hybridized carbons (Fsp3) is 0.105. The van der Waals surface area contributed by atoms with E-state index in [4.69, 9.17) is 0 Å². The summed E-state index contributed by atoms with van der Waals surface area (Å²) in [5, 5.41) is 10.3. The predicted octanol–water partition coefficient (Wildman–Crippen LogP) is 2.72. The Balaban J connectivity index is 1.55. The van der Waals surface area contributed by atoms with Gasteiger partial charge in [-0.3, -0.25) is 14.2 Å². The molecule has 0 fully saturated rings. The molecule has 152 valence electrons. The highest BCUT2D eigenvalue weighted by Gasteiger charge is 2.15. The van der Waals surface area contributed by atoms with Crippen molar-refractivity contribution in [3.63, 3.8) is 0 Å². The second-order valence-corrected chi connectivity index (χ2v) is 7.35. The molecule has 2 heterocycles. The minimum Gasteiger partial charge on any atom is -0.325 e.